The third-order valence-electron chi connectivity index (χ3n) is 2.06. The average Bonchev–Trinajstić information content (AvgIpc) is 2.03. The van der Waals surface area contributed by atoms with Crippen molar-refractivity contribution in [3.8, 4) is 6.07 Å². The van der Waals surface area contributed by atoms with Crippen LogP contribution in [0.5, 0.6) is 0 Å². The Morgan fingerprint density at radius 1 is 1.42 bits per heavy atom. The van der Waals surface area contributed by atoms with Crippen molar-refractivity contribution in [3.05, 3.63) is 23.9 Å². The summed E-state index contributed by atoms with van der Waals surface area (Å²) < 4.78 is 0. The van der Waals surface area contributed by atoms with Gasteiger partial charge in [-0.25, -0.2) is 4.98 Å². The number of aromatic nitrogens is 1. The number of hydrogen-bond donors (Lipinski definition) is 0. The molecule has 2 rings (SSSR count). The van der Waals surface area contributed by atoms with Gasteiger partial charge in [-0.05, 0) is 18.6 Å². The van der Waals surface area contributed by atoms with Gasteiger partial charge in [0.15, 0.2) is 0 Å². The Morgan fingerprint density at radius 2 is 2.25 bits per heavy atom. The first-order valence-corrected chi connectivity index (χ1v) is 4.01. The number of nitriles is 1. The fourth-order valence-electron chi connectivity index (χ4n) is 1.18. The second-order valence-corrected chi connectivity index (χ2v) is 2.86. The Kier molecular flexibility index (Phi) is 1.67. The Morgan fingerprint density at radius 3 is 2.67 bits per heavy atom. The molecule has 1 fully saturated rings. The predicted octanol–water partition coefficient (Wildman–Crippen LogP) is 1.16. The van der Waals surface area contributed by atoms with Crippen molar-refractivity contribution in [1.29, 1.82) is 5.26 Å². The van der Waals surface area contributed by atoms with Crippen LogP contribution < -0.4 is 4.90 Å². The Hall–Kier alpha value is -1.56. The standard InChI is InChI=1S/C9H9N3/c10-6-8-2-3-9(11-7-8)12-4-1-5-12/h2-3,7H,1,4-5H2. The summed E-state index contributed by atoms with van der Waals surface area (Å²) in [5.74, 6) is 0.986. The van der Waals surface area contributed by atoms with Crippen LogP contribution in [0.1, 0.15) is 12.0 Å². The lowest BCUT2D eigenvalue weighted by Gasteiger charge is -2.31. The van der Waals surface area contributed by atoms with E-state index in [4.69, 9.17) is 5.26 Å². The number of hydrogen-bond acceptors (Lipinski definition) is 3. The van der Waals surface area contributed by atoms with E-state index >= 15 is 0 Å². The molecule has 1 aliphatic rings. The van der Waals surface area contributed by atoms with E-state index < -0.39 is 0 Å². The molecule has 0 atom stereocenters. The van der Waals surface area contributed by atoms with Crippen molar-refractivity contribution in [2.75, 3.05) is 18.0 Å². The molecule has 0 unspecified atom stereocenters. The van der Waals surface area contributed by atoms with Crippen LogP contribution in [-0.2, 0) is 0 Å². The highest BCUT2D eigenvalue weighted by molar-refractivity contribution is 5.43. The summed E-state index contributed by atoms with van der Waals surface area (Å²) in [6.45, 7) is 2.19. The Labute approximate surface area is 71.3 Å². The molecule has 3 heteroatoms. The van der Waals surface area contributed by atoms with E-state index in [1.54, 1.807) is 12.3 Å². The quantitative estimate of drug-likeness (QED) is 0.617. The van der Waals surface area contributed by atoms with Crippen LogP contribution in [0.15, 0.2) is 18.3 Å². The molecule has 1 saturated heterocycles. The van der Waals surface area contributed by atoms with Gasteiger partial charge in [-0.3, -0.25) is 0 Å². The van der Waals surface area contributed by atoms with E-state index in [0.717, 1.165) is 18.9 Å². The fourth-order valence-corrected chi connectivity index (χ4v) is 1.18. The van der Waals surface area contributed by atoms with E-state index in [9.17, 15) is 0 Å². The number of anilines is 1. The summed E-state index contributed by atoms with van der Waals surface area (Å²) in [6.07, 6.45) is 2.87. The van der Waals surface area contributed by atoms with Gasteiger partial charge in [-0.2, -0.15) is 5.26 Å². The van der Waals surface area contributed by atoms with E-state index in [-0.39, 0.29) is 0 Å². The Bertz CT molecular complexity index is 306. The molecule has 3 nitrogen and oxygen atoms in total. The topological polar surface area (TPSA) is 39.9 Å². The van der Waals surface area contributed by atoms with Crippen LogP contribution in [0, 0.1) is 11.3 Å². The maximum Gasteiger partial charge on any atom is 0.128 e. The molecule has 0 saturated carbocycles. The van der Waals surface area contributed by atoms with Gasteiger partial charge in [0, 0.05) is 19.3 Å². The number of pyridine rings is 1. The molecular weight excluding hydrogens is 150 g/mol. The maximum absolute atomic E-state index is 8.53. The van der Waals surface area contributed by atoms with Crippen molar-refractivity contribution in [2.45, 2.75) is 6.42 Å². The smallest absolute Gasteiger partial charge is 0.128 e. The minimum absolute atomic E-state index is 0.624. The van der Waals surface area contributed by atoms with Gasteiger partial charge >= 0.3 is 0 Å². The molecule has 1 aliphatic heterocycles. The molecule has 0 N–H and O–H groups in total. The molecule has 0 aliphatic carbocycles. The third kappa shape index (κ3) is 1.12. The molecule has 12 heavy (non-hydrogen) atoms. The van der Waals surface area contributed by atoms with Gasteiger partial charge in [-0.15, -0.1) is 0 Å². The highest BCUT2D eigenvalue weighted by atomic mass is 15.2. The minimum atomic E-state index is 0.624. The van der Waals surface area contributed by atoms with Gasteiger partial charge in [0.05, 0.1) is 5.56 Å². The van der Waals surface area contributed by atoms with Gasteiger partial charge < -0.3 is 4.90 Å². The molecule has 0 radical (unpaired) electrons. The van der Waals surface area contributed by atoms with Crippen molar-refractivity contribution >= 4 is 5.82 Å². The predicted molar refractivity (Wildman–Crippen MR) is 45.8 cm³/mol. The molecule has 1 aromatic heterocycles. The Balaban J connectivity index is 2.19. The SMILES string of the molecule is N#Cc1ccc(N2CCC2)nc1. The first-order chi connectivity index (χ1) is 5.90. The summed E-state index contributed by atoms with van der Waals surface area (Å²) in [7, 11) is 0. The first-order valence-electron chi connectivity index (χ1n) is 4.01. The number of rotatable bonds is 1. The molecule has 0 bridgehead atoms. The lowest BCUT2D eigenvalue weighted by Crippen LogP contribution is -2.37. The zero-order valence-corrected chi connectivity index (χ0v) is 6.70. The van der Waals surface area contributed by atoms with Gasteiger partial charge in [0.1, 0.15) is 11.9 Å². The molecular formula is C9H9N3. The average molecular weight is 159 g/mol. The zero-order chi connectivity index (χ0) is 8.39. The molecule has 0 amide bonds. The van der Waals surface area contributed by atoms with Gasteiger partial charge in [-0.1, -0.05) is 0 Å². The van der Waals surface area contributed by atoms with Crippen LogP contribution in [0.25, 0.3) is 0 Å². The lowest BCUT2D eigenvalue weighted by atomic mass is 10.2. The summed E-state index contributed by atoms with van der Waals surface area (Å²) in [5, 5.41) is 8.53. The summed E-state index contributed by atoms with van der Waals surface area (Å²) in [5.41, 5.74) is 0.624. The first kappa shape index (κ1) is 7.11. The van der Waals surface area contributed by atoms with Crippen LogP contribution in [-0.4, -0.2) is 18.1 Å². The zero-order valence-electron chi connectivity index (χ0n) is 6.70. The third-order valence-corrected chi connectivity index (χ3v) is 2.06. The molecule has 0 aromatic carbocycles. The molecule has 1 aromatic rings. The second-order valence-electron chi connectivity index (χ2n) is 2.86. The lowest BCUT2D eigenvalue weighted by molar-refractivity contribution is 0.610. The van der Waals surface area contributed by atoms with Crippen molar-refractivity contribution < 1.29 is 0 Å². The molecule has 2 heterocycles. The molecule has 60 valence electrons. The van der Waals surface area contributed by atoms with E-state index in [1.807, 2.05) is 12.1 Å². The van der Waals surface area contributed by atoms with E-state index in [0.29, 0.717) is 5.56 Å². The largest absolute Gasteiger partial charge is 0.356 e. The minimum Gasteiger partial charge on any atom is -0.356 e. The number of nitrogens with zero attached hydrogens (tertiary/aromatic N) is 3. The van der Waals surface area contributed by atoms with Crippen molar-refractivity contribution in [1.82, 2.24) is 4.98 Å². The second kappa shape index (κ2) is 2.82. The van der Waals surface area contributed by atoms with Crippen LogP contribution in [0.2, 0.25) is 0 Å². The monoisotopic (exact) mass is 159 g/mol. The van der Waals surface area contributed by atoms with Gasteiger partial charge in [0.25, 0.3) is 0 Å². The van der Waals surface area contributed by atoms with E-state index in [2.05, 4.69) is 9.88 Å². The summed E-state index contributed by atoms with van der Waals surface area (Å²) in [6, 6.07) is 5.75. The van der Waals surface area contributed by atoms with Crippen LogP contribution in [0.4, 0.5) is 5.82 Å². The maximum atomic E-state index is 8.53. The highest BCUT2D eigenvalue weighted by Gasteiger charge is 2.14. The highest BCUT2D eigenvalue weighted by Crippen LogP contribution is 2.17. The van der Waals surface area contributed by atoms with Crippen LogP contribution in [0.3, 0.4) is 0 Å². The van der Waals surface area contributed by atoms with Crippen molar-refractivity contribution in [3.63, 3.8) is 0 Å². The van der Waals surface area contributed by atoms with Crippen LogP contribution >= 0.6 is 0 Å². The fraction of sp³-hybridized carbons (Fsp3) is 0.333. The van der Waals surface area contributed by atoms with Gasteiger partial charge in [0.2, 0.25) is 0 Å². The van der Waals surface area contributed by atoms with E-state index in [1.165, 1.54) is 6.42 Å². The molecule has 0 spiro atoms. The summed E-state index contributed by atoms with van der Waals surface area (Å²) >= 11 is 0. The van der Waals surface area contributed by atoms with Crippen molar-refractivity contribution in [2.24, 2.45) is 0 Å². The normalized spacial score (nSPS) is 15.1. The summed E-state index contributed by atoms with van der Waals surface area (Å²) in [4.78, 5) is 6.37.